The van der Waals surface area contributed by atoms with Crippen molar-refractivity contribution in [3.05, 3.63) is 34.1 Å². The highest BCUT2D eigenvalue weighted by Crippen LogP contribution is 2.40. The largest absolute Gasteiger partial charge is 0.407 e. The minimum atomic E-state index is -5.74. The summed E-state index contributed by atoms with van der Waals surface area (Å²) in [6.45, 7) is 0. The average Bonchev–Trinajstić information content (AvgIpc) is 2.20. The summed E-state index contributed by atoms with van der Waals surface area (Å²) in [5.74, 6) is -7.05. The number of carbonyl (C=O) groups excluding carboxylic acids is 1. The fourth-order valence-electron chi connectivity index (χ4n) is 1.53. The summed E-state index contributed by atoms with van der Waals surface area (Å²) in [5.41, 5.74) is -0.284. The maximum Gasteiger partial charge on any atom is 0.407 e. The second-order valence-electron chi connectivity index (χ2n) is 3.87. The van der Waals surface area contributed by atoms with Gasteiger partial charge in [0, 0.05) is 6.42 Å². The molecule has 0 aliphatic carbocycles. The van der Waals surface area contributed by atoms with E-state index in [9.17, 15) is 35.5 Å². The number of alkyl halides is 6. The number of carbonyl (C=O) groups is 1. The van der Waals surface area contributed by atoms with Crippen LogP contribution in [-0.2, 0) is 11.2 Å². The van der Waals surface area contributed by atoms with Crippen LogP contribution in [0.2, 0.25) is 0 Å². The van der Waals surface area contributed by atoms with Gasteiger partial charge >= 0.3 is 12.4 Å². The van der Waals surface area contributed by atoms with Crippen molar-refractivity contribution in [1.82, 2.24) is 0 Å². The molecule has 0 aliphatic heterocycles. The first-order valence-electron chi connectivity index (χ1n) is 5.03. The third-order valence-corrected chi connectivity index (χ3v) is 3.26. The van der Waals surface area contributed by atoms with E-state index in [2.05, 4.69) is 15.9 Å². The van der Waals surface area contributed by atoms with Gasteiger partial charge in [-0.25, -0.2) is 4.39 Å². The monoisotopic (exact) mass is 366 g/mol. The molecule has 0 unspecified atom stereocenters. The van der Waals surface area contributed by atoms with Crippen molar-refractivity contribution in [2.45, 2.75) is 18.8 Å². The van der Waals surface area contributed by atoms with Gasteiger partial charge < -0.3 is 0 Å². The highest BCUT2D eigenvalue weighted by Gasteiger charge is 2.60. The number of Topliss-reactive ketones (excluding diaryl/α,β-unsaturated/α-hetero) is 1. The summed E-state index contributed by atoms with van der Waals surface area (Å²) < 4.78 is 86.7. The van der Waals surface area contributed by atoms with Crippen molar-refractivity contribution >= 4 is 21.7 Å². The zero-order valence-corrected chi connectivity index (χ0v) is 11.0. The molecule has 1 aromatic carbocycles. The Balaban J connectivity index is 3.07. The summed E-state index contributed by atoms with van der Waals surface area (Å²) in [6, 6.07) is 3.09. The van der Waals surface area contributed by atoms with Gasteiger partial charge in [-0.15, -0.1) is 0 Å². The van der Waals surface area contributed by atoms with Crippen LogP contribution in [0.25, 0.3) is 0 Å². The van der Waals surface area contributed by atoms with Gasteiger partial charge in [0.05, 0.1) is 4.47 Å². The van der Waals surface area contributed by atoms with Crippen molar-refractivity contribution in [2.75, 3.05) is 0 Å². The molecule has 112 valence electrons. The first kappa shape index (κ1) is 16.9. The van der Waals surface area contributed by atoms with Crippen LogP contribution in [0.3, 0.4) is 0 Å². The SMILES string of the molecule is O=C(Cc1cccc(F)c1Br)C(C(F)(F)F)C(F)(F)F. The van der Waals surface area contributed by atoms with Crippen molar-refractivity contribution in [3.63, 3.8) is 0 Å². The van der Waals surface area contributed by atoms with E-state index in [1.54, 1.807) is 0 Å². The predicted molar refractivity (Wildman–Crippen MR) is 58.4 cm³/mol. The molecular formula is C11H6BrF7O. The quantitative estimate of drug-likeness (QED) is 0.722. The fraction of sp³-hybridized carbons (Fsp3) is 0.364. The number of rotatable bonds is 3. The van der Waals surface area contributed by atoms with E-state index in [1.807, 2.05) is 0 Å². The van der Waals surface area contributed by atoms with Crippen LogP contribution in [0.1, 0.15) is 5.56 Å². The highest BCUT2D eigenvalue weighted by atomic mass is 79.9. The lowest BCUT2D eigenvalue weighted by atomic mass is 9.96. The van der Waals surface area contributed by atoms with E-state index < -0.39 is 36.3 Å². The first-order valence-corrected chi connectivity index (χ1v) is 5.83. The maximum atomic E-state index is 13.1. The van der Waals surface area contributed by atoms with E-state index in [0.717, 1.165) is 18.2 Å². The average molecular weight is 367 g/mol. The van der Waals surface area contributed by atoms with E-state index in [0.29, 0.717) is 0 Å². The van der Waals surface area contributed by atoms with Gasteiger partial charge in [0.15, 0.2) is 5.78 Å². The third-order valence-electron chi connectivity index (χ3n) is 2.37. The van der Waals surface area contributed by atoms with Crippen LogP contribution in [0.4, 0.5) is 30.7 Å². The molecule has 0 atom stereocenters. The van der Waals surface area contributed by atoms with Crippen LogP contribution in [-0.4, -0.2) is 18.1 Å². The molecule has 0 saturated carbocycles. The van der Waals surface area contributed by atoms with Crippen LogP contribution in [0, 0.1) is 11.7 Å². The molecule has 1 aromatic rings. The molecule has 1 rings (SSSR count). The number of halogens is 8. The lowest BCUT2D eigenvalue weighted by Gasteiger charge is -2.21. The summed E-state index contributed by atoms with van der Waals surface area (Å²) in [7, 11) is 0. The highest BCUT2D eigenvalue weighted by molar-refractivity contribution is 9.10. The molecule has 1 nitrogen and oxygen atoms in total. The van der Waals surface area contributed by atoms with Gasteiger partial charge in [0.1, 0.15) is 5.82 Å². The second-order valence-corrected chi connectivity index (χ2v) is 4.67. The van der Waals surface area contributed by atoms with Crippen LogP contribution in [0.15, 0.2) is 22.7 Å². The number of benzene rings is 1. The Morgan fingerprint density at radius 1 is 1.10 bits per heavy atom. The zero-order chi connectivity index (χ0) is 15.7. The van der Waals surface area contributed by atoms with Gasteiger partial charge in [0.2, 0.25) is 5.92 Å². The summed E-state index contributed by atoms with van der Waals surface area (Å²) in [5, 5.41) is 0. The minimum absolute atomic E-state index is 0.284. The van der Waals surface area contributed by atoms with Crippen molar-refractivity contribution in [3.8, 4) is 0 Å². The molecule has 0 saturated heterocycles. The van der Waals surface area contributed by atoms with Gasteiger partial charge in [0.25, 0.3) is 0 Å². The molecular weight excluding hydrogens is 361 g/mol. The molecule has 0 aliphatic rings. The van der Waals surface area contributed by atoms with Crippen molar-refractivity contribution in [2.24, 2.45) is 5.92 Å². The van der Waals surface area contributed by atoms with Gasteiger partial charge in [-0.1, -0.05) is 12.1 Å². The standard InChI is InChI=1S/C11H6BrF7O/c12-8-5(2-1-3-6(8)13)4-7(20)9(10(14,15)16)11(17,18)19/h1-3,9H,4H2. The molecule has 0 radical (unpaired) electrons. The molecule has 0 heterocycles. The first-order chi connectivity index (χ1) is 8.94. The Morgan fingerprint density at radius 2 is 1.60 bits per heavy atom. The fourth-order valence-corrected chi connectivity index (χ4v) is 1.93. The summed E-state index contributed by atoms with van der Waals surface area (Å²) in [6.07, 6.45) is -12.7. The number of ketones is 1. The van der Waals surface area contributed by atoms with Crippen molar-refractivity contribution in [1.29, 1.82) is 0 Å². The lowest BCUT2D eigenvalue weighted by molar-refractivity contribution is -0.273. The topological polar surface area (TPSA) is 17.1 Å². The molecule has 0 aromatic heterocycles. The minimum Gasteiger partial charge on any atom is -0.298 e. The smallest absolute Gasteiger partial charge is 0.298 e. The molecule has 20 heavy (non-hydrogen) atoms. The molecule has 0 N–H and O–H groups in total. The summed E-state index contributed by atoms with van der Waals surface area (Å²) >= 11 is 2.67. The molecule has 0 bridgehead atoms. The molecule has 0 spiro atoms. The Labute approximate surface area is 116 Å². The molecule has 0 amide bonds. The normalized spacial score (nSPS) is 12.8. The second kappa shape index (κ2) is 5.71. The number of hydrogen-bond acceptors (Lipinski definition) is 1. The van der Waals surface area contributed by atoms with E-state index in [4.69, 9.17) is 0 Å². The van der Waals surface area contributed by atoms with Crippen LogP contribution < -0.4 is 0 Å². The van der Waals surface area contributed by atoms with Gasteiger partial charge in [-0.05, 0) is 27.6 Å². The van der Waals surface area contributed by atoms with Gasteiger partial charge in [-0.3, -0.25) is 4.79 Å². The maximum absolute atomic E-state index is 13.1. The van der Waals surface area contributed by atoms with Crippen molar-refractivity contribution < 1.29 is 35.5 Å². The Kier molecular flexibility index (Phi) is 4.83. The van der Waals surface area contributed by atoms with E-state index in [1.165, 1.54) is 0 Å². The third kappa shape index (κ3) is 3.94. The van der Waals surface area contributed by atoms with Crippen LogP contribution in [0.5, 0.6) is 0 Å². The van der Waals surface area contributed by atoms with E-state index >= 15 is 0 Å². The Hall–Kier alpha value is -1.12. The molecule has 0 fully saturated rings. The summed E-state index contributed by atoms with van der Waals surface area (Å²) in [4.78, 5) is 11.3. The van der Waals surface area contributed by atoms with E-state index in [-0.39, 0.29) is 10.0 Å². The molecule has 9 heteroatoms. The van der Waals surface area contributed by atoms with Gasteiger partial charge in [-0.2, -0.15) is 26.3 Å². The number of hydrogen-bond donors (Lipinski definition) is 0. The Morgan fingerprint density at radius 3 is 2.05 bits per heavy atom. The Bertz CT molecular complexity index is 492. The van der Waals surface area contributed by atoms with Crippen LogP contribution >= 0.6 is 15.9 Å². The zero-order valence-electron chi connectivity index (χ0n) is 9.45. The lowest BCUT2D eigenvalue weighted by Crippen LogP contribution is -2.43. The predicted octanol–water partition coefficient (Wildman–Crippen LogP) is 4.44.